The third kappa shape index (κ3) is 3.38. The van der Waals surface area contributed by atoms with Crippen LogP contribution in [0.2, 0.25) is 0 Å². The number of amides is 2. The van der Waals surface area contributed by atoms with Gasteiger partial charge in [-0.05, 0) is 31.9 Å². The maximum absolute atomic E-state index is 12.7. The summed E-state index contributed by atoms with van der Waals surface area (Å²) in [6, 6.07) is 7.40. The van der Waals surface area contributed by atoms with E-state index in [1.165, 1.54) is 0 Å². The predicted molar refractivity (Wildman–Crippen MR) is 90.1 cm³/mol. The molecule has 1 atom stereocenters. The summed E-state index contributed by atoms with van der Waals surface area (Å²) in [4.78, 5) is 28.8. The second kappa shape index (κ2) is 7.21. The minimum atomic E-state index is -0.0675. The van der Waals surface area contributed by atoms with Gasteiger partial charge in [-0.3, -0.25) is 9.59 Å². The van der Waals surface area contributed by atoms with Crippen LogP contribution in [-0.4, -0.2) is 56.2 Å². The van der Waals surface area contributed by atoms with Crippen LogP contribution < -0.4 is 9.64 Å². The Morgan fingerprint density at radius 1 is 1.29 bits per heavy atom. The van der Waals surface area contributed by atoms with Crippen LogP contribution >= 0.6 is 0 Å². The zero-order valence-corrected chi connectivity index (χ0v) is 14.2. The number of ether oxygens (including phenoxy) is 2. The summed E-state index contributed by atoms with van der Waals surface area (Å²) < 4.78 is 10.6. The summed E-state index contributed by atoms with van der Waals surface area (Å²) in [7, 11) is 1.61. The van der Waals surface area contributed by atoms with E-state index in [0.29, 0.717) is 25.5 Å². The molecule has 2 fully saturated rings. The van der Waals surface area contributed by atoms with Crippen molar-refractivity contribution in [2.24, 2.45) is 5.92 Å². The fourth-order valence-corrected chi connectivity index (χ4v) is 3.48. The van der Waals surface area contributed by atoms with Crippen LogP contribution in [0.25, 0.3) is 0 Å². The Labute approximate surface area is 142 Å². The SMILES string of the molecule is COc1cccc(N2C(=O)CN(C(=O)C3CCOCC3)CC2C)c1. The van der Waals surface area contributed by atoms with Gasteiger partial charge in [0.05, 0.1) is 13.2 Å². The van der Waals surface area contributed by atoms with Crippen molar-refractivity contribution in [1.29, 1.82) is 0 Å². The van der Waals surface area contributed by atoms with Crippen molar-refractivity contribution >= 4 is 17.5 Å². The van der Waals surface area contributed by atoms with Crippen LogP contribution in [0.5, 0.6) is 5.75 Å². The zero-order valence-electron chi connectivity index (χ0n) is 14.2. The normalized spacial score (nSPS) is 22.6. The second-order valence-corrected chi connectivity index (χ2v) is 6.42. The van der Waals surface area contributed by atoms with Crippen molar-refractivity contribution in [3.8, 4) is 5.75 Å². The molecule has 1 unspecified atom stereocenters. The third-order valence-corrected chi connectivity index (χ3v) is 4.73. The molecule has 0 N–H and O–H groups in total. The smallest absolute Gasteiger partial charge is 0.246 e. The number of benzene rings is 1. The molecule has 1 aromatic carbocycles. The lowest BCUT2D eigenvalue weighted by atomic mass is 9.97. The van der Waals surface area contributed by atoms with Crippen molar-refractivity contribution in [2.45, 2.75) is 25.8 Å². The predicted octanol–water partition coefficient (Wildman–Crippen LogP) is 1.69. The fourth-order valence-electron chi connectivity index (χ4n) is 3.48. The number of nitrogens with zero attached hydrogens (tertiary/aromatic N) is 2. The fraction of sp³-hybridized carbons (Fsp3) is 0.556. The Morgan fingerprint density at radius 3 is 2.71 bits per heavy atom. The van der Waals surface area contributed by atoms with Gasteiger partial charge in [0.15, 0.2) is 0 Å². The molecular formula is C18H24N2O4. The number of anilines is 1. The molecule has 0 spiro atoms. The Balaban J connectivity index is 1.72. The van der Waals surface area contributed by atoms with Gasteiger partial charge in [0, 0.05) is 37.4 Å². The van der Waals surface area contributed by atoms with Crippen LogP contribution in [0.3, 0.4) is 0 Å². The first-order valence-corrected chi connectivity index (χ1v) is 8.43. The lowest BCUT2D eigenvalue weighted by molar-refractivity contribution is -0.143. The van der Waals surface area contributed by atoms with E-state index in [9.17, 15) is 9.59 Å². The molecule has 0 radical (unpaired) electrons. The van der Waals surface area contributed by atoms with Crippen molar-refractivity contribution in [3.05, 3.63) is 24.3 Å². The minimum absolute atomic E-state index is 0.0119. The van der Waals surface area contributed by atoms with Gasteiger partial charge >= 0.3 is 0 Å². The van der Waals surface area contributed by atoms with Gasteiger partial charge in [0.25, 0.3) is 0 Å². The Bertz CT molecular complexity index is 613. The van der Waals surface area contributed by atoms with Crippen molar-refractivity contribution in [2.75, 3.05) is 38.3 Å². The molecule has 2 saturated heterocycles. The lowest BCUT2D eigenvalue weighted by Crippen LogP contribution is -2.58. The summed E-state index contributed by atoms with van der Waals surface area (Å²) in [6.07, 6.45) is 1.50. The van der Waals surface area contributed by atoms with Gasteiger partial charge in [0.2, 0.25) is 11.8 Å². The van der Waals surface area contributed by atoms with Crippen LogP contribution in [0, 0.1) is 5.92 Å². The molecule has 6 nitrogen and oxygen atoms in total. The Hall–Kier alpha value is -2.08. The van der Waals surface area contributed by atoms with Gasteiger partial charge in [-0.25, -0.2) is 0 Å². The van der Waals surface area contributed by atoms with Gasteiger partial charge in [-0.15, -0.1) is 0 Å². The maximum atomic E-state index is 12.7. The standard InChI is InChI=1S/C18H24N2O4/c1-13-11-19(18(22)14-6-8-24-9-7-14)12-17(21)20(13)15-4-3-5-16(10-15)23-2/h3-5,10,13-14H,6-9,11-12H2,1-2H3. The largest absolute Gasteiger partial charge is 0.497 e. The van der Waals surface area contributed by atoms with Gasteiger partial charge < -0.3 is 19.3 Å². The number of hydrogen-bond acceptors (Lipinski definition) is 4. The van der Waals surface area contributed by atoms with Crippen LogP contribution in [0.4, 0.5) is 5.69 Å². The van der Waals surface area contributed by atoms with E-state index < -0.39 is 0 Å². The van der Waals surface area contributed by atoms with Crippen molar-refractivity contribution in [1.82, 2.24) is 4.90 Å². The molecule has 0 aromatic heterocycles. The molecule has 1 aromatic rings. The summed E-state index contributed by atoms with van der Waals surface area (Å²) in [5.41, 5.74) is 0.810. The molecule has 3 rings (SSSR count). The van der Waals surface area contributed by atoms with E-state index >= 15 is 0 Å². The monoisotopic (exact) mass is 332 g/mol. The summed E-state index contributed by atoms with van der Waals surface area (Å²) >= 11 is 0. The highest BCUT2D eigenvalue weighted by Gasteiger charge is 2.36. The average molecular weight is 332 g/mol. The Morgan fingerprint density at radius 2 is 2.04 bits per heavy atom. The summed E-state index contributed by atoms with van der Waals surface area (Å²) in [6.45, 7) is 3.92. The van der Waals surface area contributed by atoms with E-state index in [1.54, 1.807) is 16.9 Å². The van der Waals surface area contributed by atoms with Crippen LogP contribution in [0.1, 0.15) is 19.8 Å². The average Bonchev–Trinajstić information content (AvgIpc) is 2.61. The highest BCUT2D eigenvalue weighted by molar-refractivity contribution is 5.98. The lowest BCUT2D eigenvalue weighted by Gasteiger charge is -2.41. The molecule has 2 amide bonds. The molecule has 0 aliphatic carbocycles. The Kier molecular flexibility index (Phi) is 5.04. The highest BCUT2D eigenvalue weighted by Crippen LogP contribution is 2.27. The second-order valence-electron chi connectivity index (χ2n) is 6.42. The molecule has 0 bridgehead atoms. The van der Waals surface area contributed by atoms with Crippen LogP contribution in [0.15, 0.2) is 24.3 Å². The van der Waals surface area contributed by atoms with Crippen molar-refractivity contribution < 1.29 is 19.1 Å². The van der Waals surface area contributed by atoms with E-state index in [-0.39, 0.29) is 30.3 Å². The third-order valence-electron chi connectivity index (χ3n) is 4.73. The highest BCUT2D eigenvalue weighted by atomic mass is 16.5. The quantitative estimate of drug-likeness (QED) is 0.845. The number of methoxy groups -OCH3 is 1. The molecule has 2 heterocycles. The number of carbonyl (C=O) groups is 2. The van der Waals surface area contributed by atoms with Gasteiger partial charge in [-0.1, -0.05) is 6.07 Å². The molecule has 0 saturated carbocycles. The van der Waals surface area contributed by atoms with E-state index in [2.05, 4.69) is 0 Å². The molecular weight excluding hydrogens is 308 g/mol. The number of hydrogen-bond donors (Lipinski definition) is 0. The van der Waals surface area contributed by atoms with E-state index in [1.807, 2.05) is 31.2 Å². The topological polar surface area (TPSA) is 59.1 Å². The van der Waals surface area contributed by atoms with Crippen LogP contribution in [-0.2, 0) is 14.3 Å². The number of piperazine rings is 1. The van der Waals surface area contributed by atoms with Gasteiger partial charge in [-0.2, -0.15) is 0 Å². The number of carbonyl (C=O) groups excluding carboxylic acids is 2. The molecule has 24 heavy (non-hydrogen) atoms. The molecule has 2 aliphatic heterocycles. The van der Waals surface area contributed by atoms with Gasteiger partial charge in [0.1, 0.15) is 12.3 Å². The van der Waals surface area contributed by atoms with E-state index in [0.717, 1.165) is 18.5 Å². The molecule has 6 heteroatoms. The summed E-state index contributed by atoms with van der Waals surface area (Å²) in [5.74, 6) is 0.738. The first-order valence-electron chi connectivity index (χ1n) is 8.43. The molecule has 130 valence electrons. The first-order chi connectivity index (χ1) is 11.6. The zero-order chi connectivity index (χ0) is 17.1. The number of rotatable bonds is 3. The maximum Gasteiger partial charge on any atom is 0.246 e. The molecule has 2 aliphatic rings. The van der Waals surface area contributed by atoms with Crippen molar-refractivity contribution in [3.63, 3.8) is 0 Å². The van der Waals surface area contributed by atoms with E-state index in [4.69, 9.17) is 9.47 Å². The summed E-state index contributed by atoms with van der Waals surface area (Å²) in [5, 5.41) is 0. The first kappa shape index (κ1) is 16.8. The minimum Gasteiger partial charge on any atom is -0.497 e.